The van der Waals surface area contributed by atoms with Crippen molar-refractivity contribution in [1.29, 1.82) is 5.26 Å². The first kappa shape index (κ1) is 18.1. The molecule has 0 bridgehead atoms. The highest BCUT2D eigenvalue weighted by Crippen LogP contribution is 2.20. The van der Waals surface area contributed by atoms with Crippen molar-refractivity contribution in [3.8, 4) is 6.07 Å². The molecular formula is C19H20N2O2S. The van der Waals surface area contributed by atoms with Gasteiger partial charge < -0.3 is 10.4 Å². The monoisotopic (exact) mass is 340 g/mol. The van der Waals surface area contributed by atoms with Crippen LogP contribution in [0, 0.1) is 11.3 Å². The first-order chi connectivity index (χ1) is 11.6. The smallest absolute Gasteiger partial charge is 0.251 e. The molecular weight excluding hydrogens is 320 g/mol. The SMILES string of the molecule is CC(CC(O)c1ccccc1)NC(=O)c1cccc(SCC#N)c1. The topological polar surface area (TPSA) is 73.1 Å². The largest absolute Gasteiger partial charge is 0.388 e. The van der Waals surface area contributed by atoms with E-state index in [1.165, 1.54) is 11.8 Å². The molecule has 4 nitrogen and oxygen atoms in total. The number of nitrogens with zero attached hydrogens (tertiary/aromatic N) is 1. The molecule has 124 valence electrons. The summed E-state index contributed by atoms with van der Waals surface area (Å²) in [5.74, 6) is 0.173. The van der Waals surface area contributed by atoms with Gasteiger partial charge in [0.05, 0.1) is 17.9 Å². The van der Waals surface area contributed by atoms with Gasteiger partial charge in [-0.05, 0) is 37.1 Å². The number of thioether (sulfide) groups is 1. The summed E-state index contributed by atoms with van der Waals surface area (Å²) in [7, 11) is 0. The molecule has 0 heterocycles. The van der Waals surface area contributed by atoms with E-state index in [-0.39, 0.29) is 11.9 Å². The zero-order valence-electron chi connectivity index (χ0n) is 13.5. The molecule has 5 heteroatoms. The number of benzene rings is 2. The molecule has 0 spiro atoms. The second kappa shape index (κ2) is 9.11. The number of aliphatic hydroxyl groups is 1. The Labute approximate surface area is 146 Å². The molecule has 0 aliphatic heterocycles. The highest BCUT2D eigenvalue weighted by atomic mass is 32.2. The van der Waals surface area contributed by atoms with Crippen molar-refractivity contribution in [3.63, 3.8) is 0 Å². The predicted octanol–water partition coefficient (Wildman–Crippen LogP) is 3.54. The van der Waals surface area contributed by atoms with Crippen LogP contribution in [0.25, 0.3) is 0 Å². The molecule has 2 atom stereocenters. The Morgan fingerprint density at radius 3 is 2.71 bits per heavy atom. The number of nitriles is 1. The molecule has 0 aromatic heterocycles. The third-order valence-corrected chi connectivity index (χ3v) is 4.40. The van der Waals surface area contributed by atoms with Crippen LogP contribution in [0.15, 0.2) is 59.5 Å². The van der Waals surface area contributed by atoms with Gasteiger partial charge in [-0.15, -0.1) is 11.8 Å². The van der Waals surface area contributed by atoms with Crippen molar-refractivity contribution in [1.82, 2.24) is 5.32 Å². The van der Waals surface area contributed by atoms with Gasteiger partial charge >= 0.3 is 0 Å². The molecule has 1 amide bonds. The van der Waals surface area contributed by atoms with Gasteiger partial charge in [0.15, 0.2) is 0 Å². The first-order valence-corrected chi connectivity index (χ1v) is 8.72. The molecule has 2 aromatic carbocycles. The van der Waals surface area contributed by atoms with Crippen molar-refractivity contribution in [2.75, 3.05) is 5.75 Å². The van der Waals surface area contributed by atoms with E-state index in [4.69, 9.17) is 5.26 Å². The van der Waals surface area contributed by atoms with E-state index >= 15 is 0 Å². The molecule has 2 rings (SSSR count). The number of hydrogen-bond donors (Lipinski definition) is 2. The number of aliphatic hydroxyl groups excluding tert-OH is 1. The van der Waals surface area contributed by atoms with Crippen molar-refractivity contribution in [2.45, 2.75) is 30.4 Å². The van der Waals surface area contributed by atoms with Gasteiger partial charge in [-0.3, -0.25) is 4.79 Å². The number of carbonyl (C=O) groups is 1. The Bertz CT molecular complexity index is 713. The van der Waals surface area contributed by atoms with Crippen LogP contribution >= 0.6 is 11.8 Å². The quantitative estimate of drug-likeness (QED) is 0.756. The molecule has 0 radical (unpaired) electrons. The Hall–Kier alpha value is -2.29. The van der Waals surface area contributed by atoms with Crippen LogP contribution in [0.1, 0.15) is 35.4 Å². The summed E-state index contributed by atoms with van der Waals surface area (Å²) < 4.78 is 0. The lowest BCUT2D eigenvalue weighted by Crippen LogP contribution is -2.33. The second-order valence-electron chi connectivity index (χ2n) is 5.51. The Morgan fingerprint density at radius 1 is 1.25 bits per heavy atom. The van der Waals surface area contributed by atoms with E-state index in [0.717, 1.165) is 10.5 Å². The standard InChI is InChI=1S/C19H20N2O2S/c1-14(12-18(22)15-6-3-2-4-7-15)21-19(23)16-8-5-9-17(13-16)24-11-10-20/h2-9,13-14,18,22H,11-12H2,1H3,(H,21,23). The summed E-state index contributed by atoms with van der Waals surface area (Å²) >= 11 is 1.40. The molecule has 24 heavy (non-hydrogen) atoms. The second-order valence-corrected chi connectivity index (χ2v) is 6.56. The molecule has 0 saturated heterocycles. The summed E-state index contributed by atoms with van der Waals surface area (Å²) in [5.41, 5.74) is 1.40. The molecule has 0 aliphatic carbocycles. The third kappa shape index (κ3) is 5.41. The van der Waals surface area contributed by atoms with Crippen LogP contribution in [0.2, 0.25) is 0 Å². The minimum atomic E-state index is -0.612. The van der Waals surface area contributed by atoms with Gasteiger partial charge in [0, 0.05) is 16.5 Å². The summed E-state index contributed by atoms with van der Waals surface area (Å²) in [6.45, 7) is 1.87. The molecule has 0 fully saturated rings. The van der Waals surface area contributed by atoms with Crippen LogP contribution in [0.3, 0.4) is 0 Å². The molecule has 2 unspecified atom stereocenters. The van der Waals surface area contributed by atoms with Crippen LogP contribution in [0.4, 0.5) is 0 Å². The van der Waals surface area contributed by atoms with Crippen LogP contribution < -0.4 is 5.32 Å². The number of nitrogens with one attached hydrogen (secondary N) is 1. The molecule has 2 N–H and O–H groups in total. The third-order valence-electron chi connectivity index (χ3n) is 3.54. The van der Waals surface area contributed by atoms with E-state index in [1.807, 2.05) is 43.3 Å². The number of amides is 1. The lowest BCUT2D eigenvalue weighted by atomic mass is 10.0. The maximum absolute atomic E-state index is 12.3. The predicted molar refractivity (Wildman–Crippen MR) is 95.7 cm³/mol. The molecule has 2 aromatic rings. The summed E-state index contributed by atoms with van der Waals surface area (Å²) in [4.78, 5) is 13.2. The normalized spacial score (nSPS) is 12.9. The number of hydrogen-bond acceptors (Lipinski definition) is 4. The number of carbonyl (C=O) groups excluding carboxylic acids is 1. The van der Waals surface area contributed by atoms with Gasteiger partial charge in [0.25, 0.3) is 5.91 Å². The average Bonchev–Trinajstić information content (AvgIpc) is 2.60. The lowest BCUT2D eigenvalue weighted by molar-refractivity contribution is 0.0916. The first-order valence-electron chi connectivity index (χ1n) is 7.74. The summed E-state index contributed by atoms with van der Waals surface area (Å²) in [6.07, 6.45) is -0.169. The van der Waals surface area contributed by atoms with Crippen molar-refractivity contribution < 1.29 is 9.90 Å². The Kier molecular flexibility index (Phi) is 6.86. The highest BCUT2D eigenvalue weighted by Gasteiger charge is 2.15. The maximum Gasteiger partial charge on any atom is 0.251 e. The van der Waals surface area contributed by atoms with E-state index in [2.05, 4.69) is 11.4 Å². The van der Waals surface area contributed by atoms with Gasteiger partial charge in [-0.1, -0.05) is 36.4 Å². The van der Waals surface area contributed by atoms with E-state index < -0.39 is 6.10 Å². The fourth-order valence-corrected chi connectivity index (χ4v) is 2.97. The fraction of sp³-hybridized carbons (Fsp3) is 0.263. The maximum atomic E-state index is 12.3. The van der Waals surface area contributed by atoms with Crippen molar-refractivity contribution in [2.24, 2.45) is 0 Å². The Balaban J connectivity index is 1.93. The summed E-state index contributed by atoms with van der Waals surface area (Å²) in [5, 5.41) is 21.8. The van der Waals surface area contributed by atoms with Crippen LogP contribution in [-0.4, -0.2) is 22.8 Å². The van der Waals surface area contributed by atoms with Crippen LogP contribution in [0.5, 0.6) is 0 Å². The number of rotatable bonds is 7. The van der Waals surface area contributed by atoms with Crippen molar-refractivity contribution >= 4 is 17.7 Å². The van der Waals surface area contributed by atoms with Crippen LogP contribution in [-0.2, 0) is 0 Å². The van der Waals surface area contributed by atoms with E-state index in [1.54, 1.807) is 18.2 Å². The van der Waals surface area contributed by atoms with Gasteiger partial charge in [0.2, 0.25) is 0 Å². The highest BCUT2D eigenvalue weighted by molar-refractivity contribution is 7.99. The zero-order valence-corrected chi connectivity index (χ0v) is 14.3. The lowest BCUT2D eigenvalue weighted by Gasteiger charge is -2.18. The average molecular weight is 340 g/mol. The fourth-order valence-electron chi connectivity index (χ4n) is 2.35. The van der Waals surface area contributed by atoms with Gasteiger partial charge in [-0.25, -0.2) is 0 Å². The molecule has 0 saturated carbocycles. The Morgan fingerprint density at radius 2 is 2.00 bits per heavy atom. The zero-order chi connectivity index (χ0) is 17.4. The van der Waals surface area contributed by atoms with E-state index in [0.29, 0.717) is 17.7 Å². The molecule has 0 aliphatic rings. The summed E-state index contributed by atoms with van der Waals surface area (Å²) in [6, 6.07) is 18.5. The van der Waals surface area contributed by atoms with E-state index in [9.17, 15) is 9.90 Å². The van der Waals surface area contributed by atoms with Gasteiger partial charge in [-0.2, -0.15) is 5.26 Å². The van der Waals surface area contributed by atoms with Crippen molar-refractivity contribution in [3.05, 3.63) is 65.7 Å². The minimum Gasteiger partial charge on any atom is -0.388 e. The van der Waals surface area contributed by atoms with Gasteiger partial charge in [0.1, 0.15) is 0 Å². The minimum absolute atomic E-state index is 0.164.